The maximum Gasteiger partial charge on any atom is 0.451 e. The Bertz CT molecular complexity index is 1040. The molecule has 0 N–H and O–H groups in total. The Morgan fingerprint density at radius 1 is 1.27 bits per heavy atom. The minimum Gasteiger partial charge on any atom is -0.376 e. The molecule has 0 aliphatic carbocycles. The van der Waals surface area contributed by atoms with E-state index in [-0.39, 0.29) is 37.1 Å². The number of carbonyl (C=O) groups is 1. The van der Waals surface area contributed by atoms with Gasteiger partial charge >= 0.3 is 6.18 Å². The second-order valence-electron chi connectivity index (χ2n) is 7.71. The number of carbonyl (C=O) groups excluding carboxylic acids is 1. The number of pyridine rings is 1. The Morgan fingerprint density at radius 2 is 2.03 bits per heavy atom. The molecular weight excluding hydrogens is 403 g/mol. The lowest BCUT2D eigenvalue weighted by Crippen LogP contribution is -2.43. The Hall–Kier alpha value is -2.69. The molecule has 1 fully saturated rings. The van der Waals surface area contributed by atoms with E-state index in [0.717, 1.165) is 23.1 Å². The monoisotopic (exact) mass is 425 g/mol. The lowest BCUT2D eigenvalue weighted by molar-refractivity contribution is -0.147. The fourth-order valence-electron chi connectivity index (χ4n) is 4.11. The molecule has 2 aliphatic rings. The van der Waals surface area contributed by atoms with E-state index in [2.05, 4.69) is 10.2 Å². The molecule has 2 aliphatic heterocycles. The van der Waals surface area contributed by atoms with E-state index in [0.29, 0.717) is 18.7 Å². The molecule has 0 saturated carbocycles. The average Bonchev–Trinajstić information content (AvgIpc) is 3.33. The highest BCUT2D eigenvalue weighted by Crippen LogP contribution is 2.29. The number of amides is 1. The highest BCUT2D eigenvalue weighted by atomic mass is 19.4. The molecule has 4 rings (SSSR count). The van der Waals surface area contributed by atoms with Crippen LogP contribution in [-0.2, 0) is 30.5 Å². The first-order valence-corrected chi connectivity index (χ1v) is 9.78. The zero-order chi connectivity index (χ0) is 21.6. The fraction of sp³-hybridized carbons (Fsp3) is 0.579. The Balaban J connectivity index is 1.62. The van der Waals surface area contributed by atoms with Crippen molar-refractivity contribution in [3.63, 3.8) is 0 Å². The third-order valence-electron chi connectivity index (χ3n) is 5.62. The van der Waals surface area contributed by atoms with E-state index in [4.69, 9.17) is 4.74 Å². The number of aryl methyl sites for hydroxylation is 2. The number of fused-ring (bicyclic) bond motifs is 1. The van der Waals surface area contributed by atoms with Crippen molar-refractivity contribution < 1.29 is 22.7 Å². The van der Waals surface area contributed by atoms with Gasteiger partial charge in [0.05, 0.1) is 19.2 Å². The molecule has 2 aromatic rings. The van der Waals surface area contributed by atoms with Crippen molar-refractivity contribution in [2.75, 3.05) is 13.2 Å². The van der Waals surface area contributed by atoms with E-state index in [1.165, 1.54) is 4.90 Å². The van der Waals surface area contributed by atoms with Gasteiger partial charge in [-0.25, -0.2) is 0 Å². The topological polar surface area (TPSA) is 82.2 Å². The molecule has 30 heavy (non-hydrogen) atoms. The first-order chi connectivity index (χ1) is 14.2. The second kappa shape index (κ2) is 7.53. The number of hydrogen-bond acceptors (Lipinski definition) is 5. The summed E-state index contributed by atoms with van der Waals surface area (Å²) < 4.78 is 47.2. The van der Waals surface area contributed by atoms with Crippen molar-refractivity contribution in [1.82, 2.24) is 24.2 Å². The minimum absolute atomic E-state index is 0.0302. The number of hydrogen-bond donors (Lipinski definition) is 0. The Kier molecular flexibility index (Phi) is 5.16. The third-order valence-corrected chi connectivity index (χ3v) is 5.62. The molecule has 11 heteroatoms. The predicted octanol–water partition coefficient (Wildman–Crippen LogP) is 1.91. The molecule has 162 valence electrons. The van der Waals surface area contributed by atoms with Crippen LogP contribution in [0.25, 0.3) is 0 Å². The molecule has 0 bridgehead atoms. The molecular formula is C19H22F3N5O3. The van der Waals surface area contributed by atoms with Crippen LogP contribution in [0.15, 0.2) is 10.9 Å². The van der Waals surface area contributed by atoms with Crippen LogP contribution in [0.1, 0.15) is 46.1 Å². The number of halogens is 3. The highest BCUT2D eigenvalue weighted by Gasteiger charge is 2.40. The predicted molar refractivity (Wildman–Crippen MR) is 98.9 cm³/mol. The highest BCUT2D eigenvalue weighted by molar-refractivity contribution is 5.95. The van der Waals surface area contributed by atoms with Gasteiger partial charge in [-0.05, 0) is 38.3 Å². The summed E-state index contributed by atoms with van der Waals surface area (Å²) in [6.45, 7) is 4.33. The molecule has 0 aromatic carbocycles. The van der Waals surface area contributed by atoms with Crippen molar-refractivity contribution in [3.05, 3.63) is 44.9 Å². The van der Waals surface area contributed by atoms with Crippen molar-refractivity contribution in [2.45, 2.75) is 58.6 Å². The maximum absolute atomic E-state index is 13.2. The van der Waals surface area contributed by atoms with Gasteiger partial charge in [-0.15, -0.1) is 10.2 Å². The number of nitrogens with zero attached hydrogens (tertiary/aromatic N) is 5. The molecule has 0 radical (unpaired) electrons. The lowest BCUT2D eigenvalue weighted by Gasteiger charge is -2.28. The molecule has 2 aromatic heterocycles. The van der Waals surface area contributed by atoms with Crippen LogP contribution < -0.4 is 5.56 Å². The summed E-state index contributed by atoms with van der Waals surface area (Å²) in [7, 11) is 0. The number of alkyl halides is 3. The standard InChI is InChI=1S/C19H22F3N5O3/c1-11-8-12(2)27(9-13-4-3-7-30-13)17(29)15(11)16(28)25-5-6-26-14(10-25)23-24-18(26)19(20,21)22/h8,13H,3-7,9-10H2,1-2H3/t13-/m0/s1. The van der Waals surface area contributed by atoms with Crippen LogP contribution in [0.4, 0.5) is 13.2 Å². The minimum atomic E-state index is -4.61. The summed E-state index contributed by atoms with van der Waals surface area (Å²) in [6.07, 6.45) is -2.89. The van der Waals surface area contributed by atoms with Gasteiger partial charge in [0.1, 0.15) is 5.56 Å². The summed E-state index contributed by atoms with van der Waals surface area (Å²) in [5.74, 6) is -1.54. The van der Waals surface area contributed by atoms with E-state index in [1.54, 1.807) is 24.5 Å². The molecule has 1 atom stereocenters. The van der Waals surface area contributed by atoms with E-state index < -0.39 is 23.5 Å². The van der Waals surface area contributed by atoms with Gasteiger partial charge < -0.3 is 18.8 Å². The molecule has 8 nitrogen and oxygen atoms in total. The van der Waals surface area contributed by atoms with Crippen LogP contribution >= 0.6 is 0 Å². The Morgan fingerprint density at radius 3 is 2.70 bits per heavy atom. The largest absolute Gasteiger partial charge is 0.451 e. The summed E-state index contributed by atoms with van der Waals surface area (Å²) in [5.41, 5.74) is 0.894. The van der Waals surface area contributed by atoms with Crippen LogP contribution in [0.5, 0.6) is 0 Å². The van der Waals surface area contributed by atoms with Gasteiger partial charge in [0, 0.05) is 25.4 Å². The summed E-state index contributed by atoms with van der Waals surface area (Å²) >= 11 is 0. The molecule has 0 spiro atoms. The van der Waals surface area contributed by atoms with Gasteiger partial charge in [-0.1, -0.05) is 0 Å². The third kappa shape index (κ3) is 3.62. The van der Waals surface area contributed by atoms with Crippen molar-refractivity contribution in [3.8, 4) is 0 Å². The van der Waals surface area contributed by atoms with Crippen LogP contribution in [-0.4, -0.2) is 49.4 Å². The first kappa shape index (κ1) is 20.6. The van der Waals surface area contributed by atoms with Crippen molar-refractivity contribution >= 4 is 5.91 Å². The SMILES string of the molecule is Cc1cc(C)n(C[C@@H]2CCCO2)c(=O)c1C(=O)N1CCn2c(nnc2C(F)(F)F)C1. The second-order valence-corrected chi connectivity index (χ2v) is 7.71. The van der Waals surface area contributed by atoms with Crippen LogP contribution in [0.3, 0.4) is 0 Å². The lowest BCUT2D eigenvalue weighted by atomic mass is 10.1. The van der Waals surface area contributed by atoms with Crippen molar-refractivity contribution in [2.24, 2.45) is 0 Å². The van der Waals surface area contributed by atoms with Gasteiger partial charge in [0.2, 0.25) is 5.82 Å². The Labute approximate surface area is 170 Å². The normalized spacial score (nSPS) is 19.2. The number of rotatable bonds is 3. The zero-order valence-electron chi connectivity index (χ0n) is 16.7. The van der Waals surface area contributed by atoms with E-state index in [1.807, 2.05) is 0 Å². The molecule has 0 unspecified atom stereocenters. The number of ether oxygens (including phenoxy) is 1. The fourth-order valence-corrected chi connectivity index (χ4v) is 4.11. The van der Waals surface area contributed by atoms with Crippen LogP contribution in [0, 0.1) is 13.8 Å². The zero-order valence-corrected chi connectivity index (χ0v) is 16.7. The van der Waals surface area contributed by atoms with Gasteiger partial charge in [-0.3, -0.25) is 9.59 Å². The smallest absolute Gasteiger partial charge is 0.376 e. The van der Waals surface area contributed by atoms with E-state index >= 15 is 0 Å². The maximum atomic E-state index is 13.2. The summed E-state index contributed by atoms with van der Waals surface area (Å²) in [6, 6.07) is 1.78. The summed E-state index contributed by atoms with van der Waals surface area (Å²) in [4.78, 5) is 27.6. The molecule has 4 heterocycles. The van der Waals surface area contributed by atoms with Crippen LogP contribution in [0.2, 0.25) is 0 Å². The van der Waals surface area contributed by atoms with Gasteiger partial charge in [-0.2, -0.15) is 13.2 Å². The van der Waals surface area contributed by atoms with Crippen molar-refractivity contribution in [1.29, 1.82) is 0 Å². The van der Waals surface area contributed by atoms with Gasteiger partial charge in [0.15, 0.2) is 5.82 Å². The molecule has 1 saturated heterocycles. The summed E-state index contributed by atoms with van der Waals surface area (Å²) in [5, 5.41) is 6.82. The van der Waals surface area contributed by atoms with Gasteiger partial charge in [0.25, 0.3) is 11.5 Å². The first-order valence-electron chi connectivity index (χ1n) is 9.78. The quantitative estimate of drug-likeness (QED) is 0.751. The molecule has 1 amide bonds. The van der Waals surface area contributed by atoms with E-state index in [9.17, 15) is 22.8 Å². The number of aromatic nitrogens is 4. The average molecular weight is 425 g/mol.